The molecule has 1 unspecified atom stereocenters. The fraction of sp³-hybridized carbons (Fsp3) is 0.778. The number of allylic oxidation sites excluding steroid dienone is 2. The van der Waals surface area contributed by atoms with Crippen molar-refractivity contribution in [2.45, 2.75) is 84.0 Å². The minimum absolute atomic E-state index is 0.934. The van der Waals surface area contributed by atoms with E-state index in [1.807, 2.05) is 6.08 Å². The van der Waals surface area contributed by atoms with Crippen molar-refractivity contribution in [2.75, 3.05) is 0 Å². The Hall–Kier alpha value is -0.260. The van der Waals surface area contributed by atoms with Crippen molar-refractivity contribution in [3.8, 4) is 0 Å². The molecule has 0 aromatic rings. The molecule has 0 aliphatic heterocycles. The maximum absolute atomic E-state index is 3.89. The zero-order valence-corrected chi connectivity index (χ0v) is 12.6. The number of hydrogen-bond acceptors (Lipinski definition) is 0. The van der Waals surface area contributed by atoms with E-state index in [1.165, 1.54) is 70.6 Å². The van der Waals surface area contributed by atoms with Crippen LogP contribution >= 0.6 is 0 Å². The van der Waals surface area contributed by atoms with Gasteiger partial charge in [0.25, 0.3) is 0 Å². The summed E-state index contributed by atoms with van der Waals surface area (Å²) in [7, 11) is 0. The van der Waals surface area contributed by atoms with Crippen LogP contribution in [-0.2, 0) is 0 Å². The van der Waals surface area contributed by atoms with Crippen molar-refractivity contribution in [1.82, 2.24) is 0 Å². The minimum Gasteiger partial charge on any atom is -0.0885 e. The van der Waals surface area contributed by atoms with Gasteiger partial charge in [-0.15, -0.1) is 0 Å². The topological polar surface area (TPSA) is 0 Å². The van der Waals surface area contributed by atoms with Crippen LogP contribution < -0.4 is 0 Å². The van der Waals surface area contributed by atoms with Crippen molar-refractivity contribution < 1.29 is 0 Å². The highest BCUT2D eigenvalue weighted by molar-refractivity contribution is 4.83. The van der Waals surface area contributed by atoms with Crippen LogP contribution in [0.15, 0.2) is 12.2 Å². The lowest BCUT2D eigenvalue weighted by molar-refractivity contribution is 0.435. The van der Waals surface area contributed by atoms with Crippen LogP contribution in [0, 0.1) is 19.8 Å². The van der Waals surface area contributed by atoms with E-state index in [1.54, 1.807) is 0 Å². The fourth-order valence-corrected chi connectivity index (χ4v) is 2.39. The molecule has 0 fully saturated rings. The van der Waals surface area contributed by atoms with Gasteiger partial charge in [0.1, 0.15) is 0 Å². The van der Waals surface area contributed by atoms with Gasteiger partial charge in [0, 0.05) is 0 Å². The SMILES string of the molecule is [CH2]/C=C/CCCCCCCC(C)CCCCC[CH2]. The molecule has 0 aromatic carbocycles. The van der Waals surface area contributed by atoms with Crippen LogP contribution in [0.25, 0.3) is 0 Å². The average Bonchev–Trinajstić information content (AvgIpc) is 2.38. The first-order valence-corrected chi connectivity index (χ1v) is 8.04. The second-order valence-corrected chi connectivity index (χ2v) is 5.62. The van der Waals surface area contributed by atoms with Crippen molar-refractivity contribution in [2.24, 2.45) is 5.92 Å². The minimum atomic E-state index is 0.934. The highest BCUT2D eigenvalue weighted by Gasteiger charge is 2.01. The molecule has 0 N–H and O–H groups in total. The Morgan fingerprint density at radius 3 is 2.00 bits per heavy atom. The highest BCUT2D eigenvalue weighted by atomic mass is 14.1. The van der Waals surface area contributed by atoms with Gasteiger partial charge in [-0.1, -0.05) is 90.2 Å². The number of rotatable bonds is 13. The molecule has 0 saturated carbocycles. The van der Waals surface area contributed by atoms with Gasteiger partial charge in [-0.05, 0) is 25.7 Å². The third-order valence-corrected chi connectivity index (χ3v) is 3.68. The third-order valence-electron chi connectivity index (χ3n) is 3.68. The predicted molar refractivity (Wildman–Crippen MR) is 84.4 cm³/mol. The normalized spacial score (nSPS) is 13.3. The van der Waals surface area contributed by atoms with Gasteiger partial charge in [-0.3, -0.25) is 0 Å². The van der Waals surface area contributed by atoms with Gasteiger partial charge in [0.2, 0.25) is 0 Å². The Bertz CT molecular complexity index is 169. The van der Waals surface area contributed by atoms with E-state index >= 15 is 0 Å². The van der Waals surface area contributed by atoms with Crippen LogP contribution in [0.3, 0.4) is 0 Å². The molecular weight excluding hydrogens is 216 g/mol. The summed E-state index contributed by atoms with van der Waals surface area (Å²) in [6, 6.07) is 0. The number of unbranched alkanes of at least 4 members (excludes halogenated alkanes) is 8. The molecule has 0 amide bonds. The largest absolute Gasteiger partial charge is 0.0885 e. The van der Waals surface area contributed by atoms with E-state index in [0.717, 1.165) is 12.3 Å². The molecule has 1 atom stereocenters. The van der Waals surface area contributed by atoms with Crippen molar-refractivity contribution in [1.29, 1.82) is 0 Å². The quantitative estimate of drug-likeness (QED) is 0.326. The van der Waals surface area contributed by atoms with Gasteiger partial charge in [0.05, 0.1) is 0 Å². The summed E-state index contributed by atoms with van der Waals surface area (Å²) in [5.41, 5.74) is 0. The summed E-state index contributed by atoms with van der Waals surface area (Å²) >= 11 is 0. The second-order valence-electron chi connectivity index (χ2n) is 5.62. The first-order valence-electron chi connectivity index (χ1n) is 8.04. The Morgan fingerprint density at radius 1 is 0.833 bits per heavy atom. The van der Waals surface area contributed by atoms with E-state index in [4.69, 9.17) is 0 Å². The molecule has 0 nitrogen and oxygen atoms in total. The Morgan fingerprint density at radius 2 is 1.39 bits per heavy atom. The first-order chi connectivity index (χ1) is 8.81. The van der Waals surface area contributed by atoms with E-state index < -0.39 is 0 Å². The van der Waals surface area contributed by atoms with Gasteiger partial charge >= 0.3 is 0 Å². The molecule has 0 heterocycles. The average molecular weight is 250 g/mol. The number of hydrogen-bond donors (Lipinski definition) is 0. The summed E-state index contributed by atoms with van der Waals surface area (Å²) in [4.78, 5) is 0. The summed E-state index contributed by atoms with van der Waals surface area (Å²) < 4.78 is 0. The smallest absolute Gasteiger partial charge is 0.0316 e. The molecule has 0 aliphatic carbocycles. The predicted octanol–water partition coefficient (Wildman–Crippen LogP) is 6.53. The summed E-state index contributed by atoms with van der Waals surface area (Å²) in [6.45, 7) is 10.0. The summed E-state index contributed by atoms with van der Waals surface area (Å²) in [5, 5.41) is 0. The monoisotopic (exact) mass is 250 g/mol. The van der Waals surface area contributed by atoms with Crippen LogP contribution in [0.2, 0.25) is 0 Å². The second kappa shape index (κ2) is 14.8. The molecule has 0 aromatic heterocycles. The molecule has 0 heteroatoms. The lowest BCUT2D eigenvalue weighted by atomic mass is 9.96. The molecule has 2 radical (unpaired) electrons. The zero-order chi connectivity index (χ0) is 13.5. The van der Waals surface area contributed by atoms with Crippen molar-refractivity contribution in [3.05, 3.63) is 26.0 Å². The molecule has 0 spiro atoms. The van der Waals surface area contributed by atoms with Gasteiger partial charge in [0.15, 0.2) is 0 Å². The molecule has 0 rings (SSSR count). The highest BCUT2D eigenvalue weighted by Crippen LogP contribution is 2.17. The van der Waals surface area contributed by atoms with Gasteiger partial charge in [-0.2, -0.15) is 0 Å². The van der Waals surface area contributed by atoms with Crippen LogP contribution in [-0.4, -0.2) is 0 Å². The Balaban J connectivity index is 3.12. The van der Waals surface area contributed by atoms with E-state index in [0.29, 0.717) is 0 Å². The Kier molecular flexibility index (Phi) is 14.6. The van der Waals surface area contributed by atoms with Crippen molar-refractivity contribution >= 4 is 0 Å². The van der Waals surface area contributed by atoms with Gasteiger partial charge in [-0.25, -0.2) is 0 Å². The molecule has 0 bridgehead atoms. The van der Waals surface area contributed by atoms with Crippen molar-refractivity contribution in [3.63, 3.8) is 0 Å². The zero-order valence-electron chi connectivity index (χ0n) is 12.6. The lowest BCUT2D eigenvalue weighted by Crippen LogP contribution is -1.95. The molecular formula is C18H34. The Labute approximate surface area is 116 Å². The van der Waals surface area contributed by atoms with E-state index in [-0.39, 0.29) is 0 Å². The van der Waals surface area contributed by atoms with Crippen LogP contribution in [0.1, 0.15) is 84.0 Å². The van der Waals surface area contributed by atoms with Crippen LogP contribution in [0.4, 0.5) is 0 Å². The molecule has 18 heavy (non-hydrogen) atoms. The van der Waals surface area contributed by atoms with Crippen LogP contribution in [0.5, 0.6) is 0 Å². The van der Waals surface area contributed by atoms with Gasteiger partial charge < -0.3 is 0 Å². The third kappa shape index (κ3) is 13.8. The van der Waals surface area contributed by atoms with E-state index in [2.05, 4.69) is 26.8 Å². The standard InChI is InChI=1S/C18H34/c1-4-6-8-10-11-12-13-15-17-18(3)16-14-9-7-5-2/h4,6,18H,1-2,5,7-17H2,3H3/b6-4+. The first kappa shape index (κ1) is 17.7. The molecule has 0 saturated heterocycles. The molecule has 106 valence electrons. The summed E-state index contributed by atoms with van der Waals surface area (Å²) in [5.74, 6) is 0.934. The molecule has 0 aliphatic rings. The van der Waals surface area contributed by atoms with E-state index in [9.17, 15) is 0 Å². The fourth-order valence-electron chi connectivity index (χ4n) is 2.39. The maximum Gasteiger partial charge on any atom is -0.0316 e. The summed E-state index contributed by atoms with van der Waals surface area (Å²) in [6.07, 6.45) is 20.4. The maximum atomic E-state index is 3.89. The lowest BCUT2D eigenvalue weighted by Gasteiger charge is -2.10.